The highest BCUT2D eigenvalue weighted by atomic mass is 16.5. The predicted octanol–water partition coefficient (Wildman–Crippen LogP) is 5.26. The topological polar surface area (TPSA) is 47.9 Å². The smallest absolute Gasteiger partial charge is 0.217 e. The highest BCUT2D eigenvalue weighted by molar-refractivity contribution is 5.56. The van der Waals surface area contributed by atoms with Crippen LogP contribution in [0.2, 0.25) is 0 Å². The normalized spacial score (nSPS) is 10.7. The van der Waals surface area contributed by atoms with E-state index in [-0.39, 0.29) is 0 Å². The molecule has 0 N–H and O–H groups in total. The van der Waals surface area contributed by atoms with Crippen molar-refractivity contribution in [2.24, 2.45) is 0 Å². The summed E-state index contributed by atoms with van der Waals surface area (Å²) in [6, 6.07) is 16.4. The van der Waals surface area contributed by atoms with Gasteiger partial charge >= 0.3 is 0 Å². The molecule has 2 heterocycles. The van der Waals surface area contributed by atoms with Gasteiger partial charge in [0.05, 0.1) is 6.61 Å². The number of rotatable bonds is 9. The highest BCUT2D eigenvalue weighted by Gasteiger charge is 2.09. The molecule has 27 heavy (non-hydrogen) atoms. The number of benzene rings is 1. The summed E-state index contributed by atoms with van der Waals surface area (Å²) in [5, 5.41) is 0. The van der Waals surface area contributed by atoms with E-state index in [0.717, 1.165) is 49.1 Å². The van der Waals surface area contributed by atoms with Crippen molar-refractivity contribution in [1.82, 2.24) is 15.0 Å². The minimum Gasteiger partial charge on any atom is -0.478 e. The molecular formula is C23H27N3O. The Kier molecular flexibility index (Phi) is 6.91. The van der Waals surface area contributed by atoms with Gasteiger partial charge in [0.15, 0.2) is 5.82 Å². The molecule has 0 bridgehead atoms. The van der Waals surface area contributed by atoms with Crippen molar-refractivity contribution in [3.63, 3.8) is 0 Å². The molecule has 0 saturated carbocycles. The second kappa shape index (κ2) is 9.81. The van der Waals surface area contributed by atoms with Gasteiger partial charge in [0.2, 0.25) is 5.88 Å². The van der Waals surface area contributed by atoms with E-state index in [4.69, 9.17) is 9.72 Å². The van der Waals surface area contributed by atoms with Crippen molar-refractivity contribution in [3.8, 4) is 17.3 Å². The predicted molar refractivity (Wildman–Crippen MR) is 109 cm³/mol. The summed E-state index contributed by atoms with van der Waals surface area (Å²) in [4.78, 5) is 13.9. The maximum atomic E-state index is 5.85. The highest BCUT2D eigenvalue weighted by Crippen LogP contribution is 2.21. The third-order valence-corrected chi connectivity index (χ3v) is 4.31. The quantitative estimate of drug-likeness (QED) is 0.488. The summed E-state index contributed by atoms with van der Waals surface area (Å²) in [6.07, 6.45) is 6.72. The van der Waals surface area contributed by atoms with Crippen LogP contribution in [-0.2, 0) is 12.8 Å². The average molecular weight is 361 g/mol. The van der Waals surface area contributed by atoms with Crippen LogP contribution >= 0.6 is 0 Å². The van der Waals surface area contributed by atoms with Gasteiger partial charge in [0.1, 0.15) is 0 Å². The molecule has 2 aromatic heterocycles. The molecule has 0 fully saturated rings. The van der Waals surface area contributed by atoms with E-state index in [1.807, 2.05) is 24.4 Å². The van der Waals surface area contributed by atoms with Crippen LogP contribution in [-0.4, -0.2) is 21.6 Å². The average Bonchev–Trinajstić information content (AvgIpc) is 2.69. The Bertz CT molecular complexity index is 849. The summed E-state index contributed by atoms with van der Waals surface area (Å²) < 4.78 is 5.85. The largest absolute Gasteiger partial charge is 0.478 e. The SMILES string of the molecule is CCCCOc1cc(CCC)nc(-c2ccnc(Cc3ccccc3)c2)n1. The van der Waals surface area contributed by atoms with Crippen molar-refractivity contribution in [3.05, 3.63) is 71.7 Å². The lowest BCUT2D eigenvalue weighted by Crippen LogP contribution is -2.03. The molecule has 140 valence electrons. The zero-order chi connectivity index (χ0) is 18.9. The Morgan fingerprint density at radius 1 is 0.889 bits per heavy atom. The summed E-state index contributed by atoms with van der Waals surface area (Å²) in [6.45, 7) is 5.00. The summed E-state index contributed by atoms with van der Waals surface area (Å²) >= 11 is 0. The van der Waals surface area contributed by atoms with Gasteiger partial charge in [-0.05, 0) is 30.5 Å². The molecule has 1 aromatic carbocycles. The van der Waals surface area contributed by atoms with Crippen LogP contribution in [0.1, 0.15) is 50.1 Å². The standard InChI is InChI=1S/C23H27N3O/c1-3-5-14-27-22-17-20(9-4-2)25-23(26-22)19-12-13-24-21(16-19)15-18-10-7-6-8-11-18/h6-8,10-13,16-17H,3-5,9,14-15H2,1-2H3. The van der Waals surface area contributed by atoms with Gasteiger partial charge in [0, 0.05) is 35.6 Å². The fourth-order valence-corrected chi connectivity index (χ4v) is 2.90. The van der Waals surface area contributed by atoms with Crippen LogP contribution in [0.5, 0.6) is 5.88 Å². The molecule has 3 aromatic rings. The van der Waals surface area contributed by atoms with Crippen LogP contribution in [0, 0.1) is 0 Å². The van der Waals surface area contributed by atoms with Gasteiger partial charge in [0.25, 0.3) is 0 Å². The van der Waals surface area contributed by atoms with E-state index < -0.39 is 0 Å². The summed E-state index contributed by atoms with van der Waals surface area (Å²) in [5.74, 6) is 1.38. The van der Waals surface area contributed by atoms with Gasteiger partial charge < -0.3 is 4.74 Å². The molecule has 0 aliphatic carbocycles. The van der Waals surface area contributed by atoms with E-state index in [2.05, 4.69) is 54.1 Å². The monoisotopic (exact) mass is 361 g/mol. The van der Waals surface area contributed by atoms with Crippen LogP contribution in [0.4, 0.5) is 0 Å². The molecule has 4 heteroatoms. The number of pyridine rings is 1. The Morgan fingerprint density at radius 2 is 1.74 bits per heavy atom. The first-order chi connectivity index (χ1) is 13.3. The molecule has 0 aliphatic heterocycles. The number of hydrogen-bond acceptors (Lipinski definition) is 4. The molecule has 0 saturated heterocycles. The third-order valence-electron chi connectivity index (χ3n) is 4.31. The Morgan fingerprint density at radius 3 is 2.52 bits per heavy atom. The van der Waals surface area contributed by atoms with Crippen molar-refractivity contribution in [1.29, 1.82) is 0 Å². The maximum absolute atomic E-state index is 5.85. The third kappa shape index (κ3) is 5.61. The molecule has 0 radical (unpaired) electrons. The lowest BCUT2D eigenvalue weighted by molar-refractivity contribution is 0.297. The number of aryl methyl sites for hydroxylation is 1. The van der Waals surface area contributed by atoms with Crippen LogP contribution < -0.4 is 4.74 Å². The molecule has 0 unspecified atom stereocenters. The fourth-order valence-electron chi connectivity index (χ4n) is 2.90. The van der Waals surface area contributed by atoms with Crippen molar-refractivity contribution in [2.45, 2.75) is 46.0 Å². The van der Waals surface area contributed by atoms with Crippen molar-refractivity contribution >= 4 is 0 Å². The minimum atomic E-state index is 0.665. The second-order valence-corrected chi connectivity index (χ2v) is 6.67. The van der Waals surface area contributed by atoms with Gasteiger partial charge in [-0.1, -0.05) is 57.0 Å². The number of ether oxygens (including phenoxy) is 1. The minimum absolute atomic E-state index is 0.665. The first kappa shape index (κ1) is 19.0. The molecular weight excluding hydrogens is 334 g/mol. The van der Waals surface area contributed by atoms with E-state index in [9.17, 15) is 0 Å². The van der Waals surface area contributed by atoms with E-state index in [1.165, 1.54) is 5.56 Å². The Hall–Kier alpha value is -2.75. The first-order valence-corrected chi connectivity index (χ1v) is 9.78. The number of aromatic nitrogens is 3. The molecule has 0 atom stereocenters. The van der Waals surface area contributed by atoms with Gasteiger partial charge in [-0.15, -0.1) is 0 Å². The molecule has 3 rings (SSSR count). The maximum Gasteiger partial charge on any atom is 0.217 e. The van der Waals surface area contributed by atoms with E-state index in [0.29, 0.717) is 18.3 Å². The van der Waals surface area contributed by atoms with Crippen LogP contribution in [0.25, 0.3) is 11.4 Å². The van der Waals surface area contributed by atoms with Crippen molar-refractivity contribution in [2.75, 3.05) is 6.61 Å². The second-order valence-electron chi connectivity index (χ2n) is 6.67. The molecule has 4 nitrogen and oxygen atoms in total. The first-order valence-electron chi connectivity index (χ1n) is 9.78. The lowest BCUT2D eigenvalue weighted by Gasteiger charge is -2.10. The summed E-state index contributed by atoms with van der Waals surface area (Å²) in [5.41, 5.74) is 4.26. The van der Waals surface area contributed by atoms with E-state index in [1.54, 1.807) is 0 Å². The number of hydrogen-bond donors (Lipinski definition) is 0. The zero-order valence-corrected chi connectivity index (χ0v) is 16.2. The number of unbranched alkanes of at least 4 members (excludes halogenated alkanes) is 1. The molecule has 0 aliphatic rings. The van der Waals surface area contributed by atoms with Gasteiger partial charge in [-0.3, -0.25) is 4.98 Å². The summed E-state index contributed by atoms with van der Waals surface area (Å²) in [7, 11) is 0. The van der Waals surface area contributed by atoms with Gasteiger partial charge in [-0.25, -0.2) is 4.98 Å². The van der Waals surface area contributed by atoms with Crippen LogP contribution in [0.3, 0.4) is 0 Å². The Labute approximate surface area is 161 Å². The fraction of sp³-hybridized carbons (Fsp3) is 0.348. The van der Waals surface area contributed by atoms with Crippen LogP contribution in [0.15, 0.2) is 54.7 Å². The number of nitrogens with zero attached hydrogens (tertiary/aromatic N) is 3. The van der Waals surface area contributed by atoms with Gasteiger partial charge in [-0.2, -0.15) is 4.98 Å². The molecule has 0 amide bonds. The molecule has 0 spiro atoms. The van der Waals surface area contributed by atoms with E-state index >= 15 is 0 Å². The zero-order valence-electron chi connectivity index (χ0n) is 16.2. The Balaban J connectivity index is 1.86. The van der Waals surface area contributed by atoms with Crippen molar-refractivity contribution < 1.29 is 4.74 Å². The lowest BCUT2D eigenvalue weighted by atomic mass is 10.1.